The van der Waals surface area contributed by atoms with E-state index in [-0.39, 0.29) is 10.6 Å². The van der Waals surface area contributed by atoms with E-state index in [1.807, 2.05) is 13.0 Å². The molecule has 6 heteroatoms. The van der Waals surface area contributed by atoms with Crippen LogP contribution in [0.3, 0.4) is 0 Å². The van der Waals surface area contributed by atoms with Gasteiger partial charge in [-0.25, -0.2) is 4.39 Å². The van der Waals surface area contributed by atoms with Crippen molar-refractivity contribution in [3.05, 3.63) is 69.5 Å². The molecule has 2 aromatic rings. The number of hydrogen-bond acceptors (Lipinski definition) is 2. The maximum absolute atomic E-state index is 13.6. The lowest BCUT2D eigenvalue weighted by Crippen LogP contribution is -2.42. The Morgan fingerprint density at radius 1 is 0.955 bits per heavy atom. The molecule has 0 atom stereocenters. The third kappa shape index (κ3) is 3.62. The number of halogens is 2. The molecule has 114 valence electrons. The van der Waals surface area contributed by atoms with Gasteiger partial charge in [0.05, 0.1) is 5.56 Å². The fourth-order valence-electron chi connectivity index (χ4n) is 1.99. The summed E-state index contributed by atoms with van der Waals surface area (Å²) in [6.07, 6.45) is 0. The van der Waals surface area contributed by atoms with Crippen LogP contribution in [0.25, 0.3) is 0 Å². The topological polar surface area (TPSA) is 58.2 Å². The van der Waals surface area contributed by atoms with Crippen LogP contribution in [0.1, 0.15) is 31.8 Å². The third-order valence-electron chi connectivity index (χ3n) is 3.09. The molecule has 0 spiro atoms. The number of hydrazine groups is 1. The Morgan fingerprint density at radius 2 is 1.55 bits per heavy atom. The van der Waals surface area contributed by atoms with Gasteiger partial charge in [0.25, 0.3) is 11.8 Å². The van der Waals surface area contributed by atoms with Crippen LogP contribution in [0.4, 0.5) is 4.39 Å². The summed E-state index contributed by atoms with van der Waals surface area (Å²) in [6.45, 7) is 3.71. The first-order valence-electron chi connectivity index (χ1n) is 6.51. The van der Waals surface area contributed by atoms with Crippen LogP contribution in [0, 0.1) is 19.7 Å². The summed E-state index contributed by atoms with van der Waals surface area (Å²) < 4.78 is 13.6. The molecule has 0 aliphatic rings. The summed E-state index contributed by atoms with van der Waals surface area (Å²) >= 11 is 5.62. The fraction of sp³-hybridized carbons (Fsp3) is 0.125. The number of nitrogens with one attached hydrogen (secondary N) is 2. The molecule has 2 aromatic carbocycles. The van der Waals surface area contributed by atoms with Crippen molar-refractivity contribution in [1.82, 2.24) is 10.9 Å². The van der Waals surface area contributed by atoms with Gasteiger partial charge in [-0.1, -0.05) is 29.3 Å². The van der Waals surface area contributed by atoms with E-state index in [9.17, 15) is 14.0 Å². The second kappa shape index (κ2) is 6.58. The minimum absolute atomic E-state index is 0.188. The Kier molecular flexibility index (Phi) is 4.78. The van der Waals surface area contributed by atoms with Gasteiger partial charge in [-0.05, 0) is 43.7 Å². The molecule has 2 N–H and O–H groups in total. The molecular formula is C16H14ClFN2O2. The van der Waals surface area contributed by atoms with Crippen molar-refractivity contribution in [1.29, 1.82) is 0 Å². The Hall–Kier alpha value is -2.40. The van der Waals surface area contributed by atoms with Gasteiger partial charge in [-0.2, -0.15) is 0 Å². The first kappa shape index (κ1) is 16.0. The van der Waals surface area contributed by atoms with Crippen molar-refractivity contribution >= 4 is 23.4 Å². The molecule has 0 saturated heterocycles. The first-order valence-corrected chi connectivity index (χ1v) is 6.89. The third-order valence-corrected chi connectivity index (χ3v) is 3.33. The molecule has 0 saturated carbocycles. The molecule has 22 heavy (non-hydrogen) atoms. The van der Waals surface area contributed by atoms with E-state index in [4.69, 9.17) is 11.6 Å². The average Bonchev–Trinajstić information content (AvgIpc) is 2.44. The zero-order valence-electron chi connectivity index (χ0n) is 12.0. The highest BCUT2D eigenvalue weighted by atomic mass is 35.5. The number of carbonyl (C=O) groups is 2. The molecule has 0 unspecified atom stereocenters. The van der Waals surface area contributed by atoms with Crippen LogP contribution < -0.4 is 10.9 Å². The molecule has 4 nitrogen and oxygen atoms in total. The first-order chi connectivity index (χ1) is 10.4. The highest BCUT2D eigenvalue weighted by Gasteiger charge is 2.14. The normalized spacial score (nSPS) is 10.2. The van der Waals surface area contributed by atoms with E-state index in [0.29, 0.717) is 5.56 Å². The molecule has 0 aliphatic heterocycles. The van der Waals surface area contributed by atoms with Gasteiger partial charge in [-0.15, -0.1) is 0 Å². The van der Waals surface area contributed by atoms with Gasteiger partial charge in [0.15, 0.2) is 0 Å². The molecule has 0 fully saturated rings. The number of carbonyl (C=O) groups excluding carboxylic acids is 2. The molecule has 2 amide bonds. The fourth-order valence-corrected chi connectivity index (χ4v) is 2.15. The molecular weight excluding hydrogens is 307 g/mol. The van der Waals surface area contributed by atoms with Crippen LogP contribution in [-0.2, 0) is 0 Å². The molecule has 0 aromatic heterocycles. The summed E-state index contributed by atoms with van der Waals surface area (Å²) in [5.41, 5.74) is 6.48. The van der Waals surface area contributed by atoms with Gasteiger partial charge in [0, 0.05) is 10.6 Å². The van der Waals surface area contributed by atoms with Crippen molar-refractivity contribution in [2.45, 2.75) is 13.8 Å². The lowest BCUT2D eigenvalue weighted by molar-refractivity contribution is 0.0844. The van der Waals surface area contributed by atoms with Crippen LogP contribution in [0.2, 0.25) is 5.02 Å². The average molecular weight is 321 g/mol. The van der Waals surface area contributed by atoms with Crippen LogP contribution >= 0.6 is 11.6 Å². The maximum Gasteiger partial charge on any atom is 0.272 e. The number of benzene rings is 2. The largest absolute Gasteiger partial charge is 0.272 e. The number of rotatable bonds is 2. The van der Waals surface area contributed by atoms with E-state index in [1.165, 1.54) is 12.1 Å². The smallest absolute Gasteiger partial charge is 0.267 e. The minimum Gasteiger partial charge on any atom is -0.267 e. The van der Waals surface area contributed by atoms with Gasteiger partial charge in [-0.3, -0.25) is 20.4 Å². The molecule has 2 rings (SSSR count). The van der Waals surface area contributed by atoms with E-state index in [2.05, 4.69) is 10.9 Å². The standard InChI is InChI=1S/C16H14ClFN2O2/c1-9-3-5-12(10(2)7-9)15(21)19-20-16(22)13-6-4-11(17)8-14(13)18/h3-8H,1-2H3,(H,19,21)(H,20,22). The van der Waals surface area contributed by atoms with Gasteiger partial charge < -0.3 is 0 Å². The van der Waals surface area contributed by atoms with E-state index >= 15 is 0 Å². The molecule has 0 radical (unpaired) electrons. The quantitative estimate of drug-likeness (QED) is 0.835. The van der Waals surface area contributed by atoms with Crippen LogP contribution in [-0.4, -0.2) is 11.8 Å². The lowest BCUT2D eigenvalue weighted by Gasteiger charge is -2.10. The predicted molar refractivity (Wildman–Crippen MR) is 82.3 cm³/mol. The van der Waals surface area contributed by atoms with Crippen molar-refractivity contribution < 1.29 is 14.0 Å². The maximum atomic E-state index is 13.6. The van der Waals surface area contributed by atoms with Crippen LogP contribution in [0.15, 0.2) is 36.4 Å². The lowest BCUT2D eigenvalue weighted by atomic mass is 10.1. The summed E-state index contributed by atoms with van der Waals surface area (Å²) in [6, 6.07) is 8.98. The zero-order valence-corrected chi connectivity index (χ0v) is 12.8. The number of amides is 2. The minimum atomic E-state index is -0.759. The molecule has 0 bridgehead atoms. The Morgan fingerprint density at radius 3 is 2.14 bits per heavy atom. The van der Waals surface area contributed by atoms with Crippen molar-refractivity contribution in [2.75, 3.05) is 0 Å². The van der Waals surface area contributed by atoms with Gasteiger partial charge in [0.2, 0.25) is 0 Å². The molecule has 0 heterocycles. The number of hydrogen-bond donors (Lipinski definition) is 2. The van der Waals surface area contributed by atoms with Crippen molar-refractivity contribution in [3.63, 3.8) is 0 Å². The predicted octanol–water partition coefficient (Wildman–Crippen LogP) is 3.17. The number of aryl methyl sites for hydroxylation is 2. The highest BCUT2D eigenvalue weighted by Crippen LogP contribution is 2.14. The van der Waals surface area contributed by atoms with Crippen LogP contribution in [0.5, 0.6) is 0 Å². The summed E-state index contributed by atoms with van der Waals surface area (Å²) in [5, 5.41) is 0.188. The summed E-state index contributed by atoms with van der Waals surface area (Å²) in [4.78, 5) is 23.9. The summed E-state index contributed by atoms with van der Waals surface area (Å²) in [7, 11) is 0. The highest BCUT2D eigenvalue weighted by molar-refractivity contribution is 6.30. The molecule has 0 aliphatic carbocycles. The van der Waals surface area contributed by atoms with E-state index in [1.54, 1.807) is 19.1 Å². The summed E-state index contributed by atoms with van der Waals surface area (Å²) in [5.74, 6) is -1.99. The van der Waals surface area contributed by atoms with Crippen molar-refractivity contribution in [3.8, 4) is 0 Å². The van der Waals surface area contributed by atoms with E-state index in [0.717, 1.165) is 17.2 Å². The van der Waals surface area contributed by atoms with E-state index < -0.39 is 17.6 Å². The van der Waals surface area contributed by atoms with Gasteiger partial charge >= 0.3 is 0 Å². The monoisotopic (exact) mass is 320 g/mol. The zero-order chi connectivity index (χ0) is 16.3. The second-order valence-electron chi connectivity index (χ2n) is 4.85. The Balaban J connectivity index is 2.06. The Labute approximate surface area is 132 Å². The SMILES string of the molecule is Cc1ccc(C(=O)NNC(=O)c2ccc(Cl)cc2F)c(C)c1. The Bertz CT molecular complexity index is 683. The van der Waals surface area contributed by atoms with Gasteiger partial charge in [0.1, 0.15) is 5.82 Å². The second-order valence-corrected chi connectivity index (χ2v) is 5.29. The van der Waals surface area contributed by atoms with Crippen molar-refractivity contribution in [2.24, 2.45) is 0 Å².